The molecule has 0 aliphatic rings. The number of allylic oxidation sites excluding steroid dienone is 1. The van der Waals surface area contributed by atoms with Crippen LogP contribution in [0.2, 0.25) is 0 Å². The molecule has 0 amide bonds. The number of rotatable bonds is 4. The third-order valence-corrected chi connectivity index (χ3v) is 2.74. The van der Waals surface area contributed by atoms with Crippen molar-refractivity contribution < 1.29 is 23.4 Å². The maximum Gasteiger partial charge on any atom is 0.541 e. The maximum absolute atomic E-state index is 10.5. The summed E-state index contributed by atoms with van der Waals surface area (Å²) in [6.45, 7) is 1.98. The predicted molar refractivity (Wildman–Crippen MR) is 67.6 cm³/mol. The molecular weight excluding hydrogens is 262 g/mol. The Labute approximate surface area is 102 Å². The van der Waals surface area contributed by atoms with E-state index in [9.17, 15) is 9.13 Å². The number of hydrogen-bond donors (Lipinski definition) is 2. The highest BCUT2D eigenvalue weighted by Crippen LogP contribution is 2.32. The van der Waals surface area contributed by atoms with Crippen LogP contribution in [0.25, 0.3) is 0 Å². The molecule has 0 radical (unpaired) electrons. The van der Waals surface area contributed by atoms with Gasteiger partial charge in [-0.25, -0.2) is 0 Å². The largest absolute Gasteiger partial charge is 0.541 e. The fourth-order valence-electron chi connectivity index (χ4n) is 0.794. The van der Waals surface area contributed by atoms with Gasteiger partial charge in [0.15, 0.2) is 0 Å². The topological polar surface area (TPSA) is 83.8 Å². The summed E-state index contributed by atoms with van der Waals surface area (Å²) in [6.07, 6.45) is 4.15. The monoisotopic (exact) mass is 277 g/mol. The third kappa shape index (κ3) is 8.78. The molecule has 5 nitrogen and oxygen atoms in total. The molecule has 0 aliphatic heterocycles. The lowest BCUT2D eigenvalue weighted by molar-refractivity contribution is 0.387. The summed E-state index contributed by atoms with van der Waals surface area (Å²) in [5.74, 6) is 0. The van der Waals surface area contributed by atoms with Gasteiger partial charge >= 0.3 is 16.3 Å². The fourth-order valence-corrected chi connectivity index (χ4v) is 1.51. The van der Waals surface area contributed by atoms with Gasteiger partial charge in [-0.15, -0.1) is 0 Å². The zero-order valence-electron chi connectivity index (χ0n) is 9.31. The lowest BCUT2D eigenvalue weighted by Gasteiger charge is -2.00. The van der Waals surface area contributed by atoms with Crippen molar-refractivity contribution in [3.05, 3.63) is 42.7 Å². The molecule has 94 valence electrons. The van der Waals surface area contributed by atoms with Gasteiger partial charge in [-0.2, -0.15) is 0 Å². The summed E-state index contributed by atoms with van der Waals surface area (Å²) < 4.78 is 24.5. The SMILES string of the molecule is CCC=CO[PH+]=O.O=P(O)(O)c1ccccc1. The molecule has 0 fully saturated rings. The van der Waals surface area contributed by atoms with Crippen molar-refractivity contribution in [2.75, 3.05) is 0 Å². The second-order valence-electron chi connectivity index (χ2n) is 2.86. The molecule has 17 heavy (non-hydrogen) atoms. The van der Waals surface area contributed by atoms with E-state index in [0.29, 0.717) is 0 Å². The van der Waals surface area contributed by atoms with E-state index in [1.165, 1.54) is 18.4 Å². The Bertz CT molecular complexity index is 385. The van der Waals surface area contributed by atoms with Gasteiger partial charge in [0, 0.05) is 0 Å². The molecule has 1 aromatic carbocycles. The zero-order valence-corrected chi connectivity index (χ0v) is 11.2. The molecule has 1 aromatic rings. The molecule has 0 aliphatic carbocycles. The van der Waals surface area contributed by atoms with Crippen molar-refractivity contribution in [3.63, 3.8) is 0 Å². The Kier molecular flexibility index (Phi) is 8.55. The van der Waals surface area contributed by atoms with E-state index in [2.05, 4.69) is 4.52 Å². The van der Waals surface area contributed by atoms with Crippen LogP contribution in [0, 0.1) is 0 Å². The first-order valence-corrected chi connectivity index (χ1v) is 7.24. The summed E-state index contributed by atoms with van der Waals surface area (Å²) >= 11 is 0. The van der Waals surface area contributed by atoms with E-state index >= 15 is 0 Å². The van der Waals surface area contributed by atoms with E-state index < -0.39 is 16.3 Å². The minimum atomic E-state index is -4.02. The summed E-state index contributed by atoms with van der Waals surface area (Å²) in [5.41, 5.74) is 0. The van der Waals surface area contributed by atoms with E-state index in [4.69, 9.17) is 9.79 Å². The Morgan fingerprint density at radius 1 is 1.35 bits per heavy atom. The minimum Gasteiger partial charge on any atom is -0.321 e. The highest BCUT2D eigenvalue weighted by molar-refractivity contribution is 7.60. The number of benzene rings is 1. The van der Waals surface area contributed by atoms with Crippen LogP contribution in [-0.4, -0.2) is 9.79 Å². The van der Waals surface area contributed by atoms with Crippen molar-refractivity contribution in [2.45, 2.75) is 13.3 Å². The molecule has 2 N–H and O–H groups in total. The third-order valence-electron chi connectivity index (χ3n) is 1.54. The van der Waals surface area contributed by atoms with Crippen LogP contribution in [-0.2, 0) is 13.7 Å². The van der Waals surface area contributed by atoms with Gasteiger partial charge in [0.05, 0.1) is 5.30 Å². The molecule has 1 unspecified atom stereocenters. The molecule has 1 atom stereocenters. The molecule has 0 saturated heterocycles. The zero-order chi connectivity index (χ0) is 13.1. The summed E-state index contributed by atoms with van der Waals surface area (Å²) in [4.78, 5) is 17.2. The Balaban J connectivity index is 0.000000325. The molecule has 0 heterocycles. The molecule has 0 aromatic heterocycles. The van der Waals surface area contributed by atoms with Crippen LogP contribution in [0.3, 0.4) is 0 Å². The molecule has 1 rings (SSSR count). The molecule has 0 spiro atoms. The van der Waals surface area contributed by atoms with Crippen LogP contribution in [0.1, 0.15) is 13.3 Å². The predicted octanol–water partition coefficient (Wildman–Crippen LogP) is 2.36. The van der Waals surface area contributed by atoms with E-state index in [1.54, 1.807) is 24.3 Å². The Morgan fingerprint density at radius 3 is 2.29 bits per heavy atom. The van der Waals surface area contributed by atoms with Gasteiger partial charge in [-0.3, -0.25) is 9.09 Å². The Morgan fingerprint density at radius 2 is 1.94 bits per heavy atom. The van der Waals surface area contributed by atoms with E-state index in [0.717, 1.165) is 6.42 Å². The van der Waals surface area contributed by atoms with E-state index in [1.807, 2.05) is 6.92 Å². The van der Waals surface area contributed by atoms with Crippen molar-refractivity contribution in [1.29, 1.82) is 0 Å². The Hall–Kier alpha value is -0.990. The molecular formula is C10H15O5P2+. The summed E-state index contributed by atoms with van der Waals surface area (Å²) in [5, 5.41) is 0.0648. The smallest absolute Gasteiger partial charge is 0.321 e. The number of hydrogen-bond acceptors (Lipinski definition) is 3. The average molecular weight is 277 g/mol. The van der Waals surface area contributed by atoms with Crippen LogP contribution < -0.4 is 5.30 Å². The normalized spacial score (nSPS) is 11.0. The van der Waals surface area contributed by atoms with Gasteiger partial charge in [-0.1, -0.05) is 25.1 Å². The van der Waals surface area contributed by atoms with Gasteiger partial charge in [0.1, 0.15) is 6.26 Å². The summed E-state index contributed by atoms with van der Waals surface area (Å²) in [7, 11) is -4.69. The van der Waals surface area contributed by atoms with Crippen LogP contribution in [0.15, 0.2) is 42.7 Å². The standard InChI is InChI=1S/C6H7O3P.C4H8O2P/c7-10(8,9)6-4-2-1-3-5-6;1-2-3-4-6-7-5/h1-5H,(H2,7,8,9);3-4,7H,2H2,1H3/q;+1. The first-order chi connectivity index (χ1) is 8.02. The van der Waals surface area contributed by atoms with Gasteiger partial charge < -0.3 is 9.79 Å². The van der Waals surface area contributed by atoms with Crippen LogP contribution in [0.5, 0.6) is 0 Å². The lowest BCUT2D eigenvalue weighted by Crippen LogP contribution is -2.01. The quantitative estimate of drug-likeness (QED) is 0.652. The van der Waals surface area contributed by atoms with Crippen LogP contribution >= 0.6 is 16.3 Å². The van der Waals surface area contributed by atoms with Crippen LogP contribution in [0.4, 0.5) is 0 Å². The molecule has 0 bridgehead atoms. The summed E-state index contributed by atoms with van der Waals surface area (Å²) in [6, 6.07) is 7.70. The molecule has 7 heteroatoms. The minimum absolute atomic E-state index is 0.0648. The fraction of sp³-hybridized carbons (Fsp3) is 0.200. The van der Waals surface area contributed by atoms with Crippen molar-refractivity contribution in [2.24, 2.45) is 0 Å². The van der Waals surface area contributed by atoms with E-state index in [-0.39, 0.29) is 5.30 Å². The second kappa shape index (κ2) is 9.08. The van der Waals surface area contributed by atoms with Crippen molar-refractivity contribution in [1.82, 2.24) is 0 Å². The highest BCUT2D eigenvalue weighted by atomic mass is 31.2. The highest BCUT2D eigenvalue weighted by Gasteiger charge is 2.14. The first-order valence-electron chi connectivity index (χ1n) is 4.81. The second-order valence-corrected chi connectivity index (χ2v) is 4.87. The molecule has 0 saturated carbocycles. The van der Waals surface area contributed by atoms with Crippen molar-refractivity contribution >= 4 is 21.6 Å². The van der Waals surface area contributed by atoms with Crippen molar-refractivity contribution in [3.8, 4) is 0 Å². The average Bonchev–Trinajstić information content (AvgIpc) is 2.31. The van der Waals surface area contributed by atoms with Gasteiger partial charge in [0.2, 0.25) is 0 Å². The van der Waals surface area contributed by atoms with Gasteiger partial charge in [-0.05, 0) is 29.2 Å². The maximum atomic E-state index is 10.5. The van der Waals surface area contributed by atoms with Gasteiger partial charge in [0.25, 0.3) is 0 Å². The lowest BCUT2D eigenvalue weighted by atomic mass is 10.4. The first kappa shape index (κ1) is 16.0.